The zero-order chi connectivity index (χ0) is 12.3. The molecule has 0 saturated heterocycles. The summed E-state index contributed by atoms with van der Waals surface area (Å²) in [7, 11) is 1.12. The fraction of sp³-hybridized carbons (Fsp3) is 0.400. The van der Waals surface area contributed by atoms with E-state index in [-0.39, 0.29) is 17.2 Å². The first-order chi connectivity index (χ1) is 7.41. The van der Waals surface area contributed by atoms with Gasteiger partial charge in [0.2, 0.25) is 0 Å². The van der Waals surface area contributed by atoms with Crippen molar-refractivity contribution < 1.29 is 23.0 Å². The number of rotatable bonds is 3. The van der Waals surface area contributed by atoms with Crippen LogP contribution in [0.4, 0.5) is 13.2 Å². The van der Waals surface area contributed by atoms with Crippen molar-refractivity contribution in [1.82, 2.24) is 0 Å². The van der Waals surface area contributed by atoms with Crippen molar-refractivity contribution in [2.24, 2.45) is 0 Å². The minimum absolute atomic E-state index is 0.0346. The Labute approximate surface area is 95.6 Å². The number of para-hydroxylation sites is 1. The van der Waals surface area contributed by atoms with Gasteiger partial charge in [0.25, 0.3) is 0 Å². The highest BCUT2D eigenvalue weighted by atomic mass is 35.5. The van der Waals surface area contributed by atoms with Crippen molar-refractivity contribution in [2.45, 2.75) is 12.3 Å². The number of hydrogen-bond donors (Lipinski definition) is 1. The zero-order valence-corrected chi connectivity index (χ0v) is 9.14. The Morgan fingerprint density at radius 2 is 2.06 bits per heavy atom. The molecule has 0 heterocycles. The fourth-order valence-corrected chi connectivity index (χ4v) is 1.52. The zero-order valence-electron chi connectivity index (χ0n) is 8.38. The van der Waals surface area contributed by atoms with E-state index in [1.54, 1.807) is 0 Å². The van der Waals surface area contributed by atoms with Crippen molar-refractivity contribution in [3.8, 4) is 5.75 Å². The van der Waals surface area contributed by atoms with Gasteiger partial charge in [0.05, 0.1) is 24.7 Å². The van der Waals surface area contributed by atoms with Crippen LogP contribution in [0.1, 0.15) is 17.2 Å². The molecule has 0 radical (unpaired) electrons. The minimum Gasteiger partial charge on any atom is -0.496 e. The molecule has 90 valence electrons. The quantitative estimate of drug-likeness (QED) is 0.841. The van der Waals surface area contributed by atoms with Crippen LogP contribution in [0.15, 0.2) is 18.2 Å². The lowest BCUT2D eigenvalue weighted by atomic mass is 10.0. The Balaban J connectivity index is 3.32. The number of hydrogen-bond acceptors (Lipinski definition) is 2. The van der Waals surface area contributed by atoms with E-state index < -0.39 is 17.8 Å². The van der Waals surface area contributed by atoms with Crippen LogP contribution in [-0.4, -0.2) is 18.1 Å². The van der Waals surface area contributed by atoms with Crippen molar-refractivity contribution >= 4 is 11.6 Å². The molecular weight excluding hydrogens is 245 g/mol. The molecule has 0 bridgehead atoms. The van der Waals surface area contributed by atoms with Crippen LogP contribution in [-0.2, 0) is 6.18 Å². The number of ether oxygens (including phenoxy) is 1. The highest BCUT2D eigenvalue weighted by molar-refractivity contribution is 6.18. The summed E-state index contributed by atoms with van der Waals surface area (Å²) in [6.45, 7) is 0. The molecule has 1 unspecified atom stereocenters. The van der Waals surface area contributed by atoms with E-state index in [0.717, 1.165) is 13.2 Å². The molecule has 1 atom stereocenters. The van der Waals surface area contributed by atoms with Gasteiger partial charge in [-0.15, -0.1) is 11.6 Å². The van der Waals surface area contributed by atoms with Crippen LogP contribution < -0.4 is 4.74 Å². The molecule has 0 spiro atoms. The fourth-order valence-electron chi connectivity index (χ4n) is 1.35. The van der Waals surface area contributed by atoms with Gasteiger partial charge in [-0.2, -0.15) is 13.2 Å². The third kappa shape index (κ3) is 2.59. The normalized spacial score (nSPS) is 13.6. The van der Waals surface area contributed by atoms with Crippen LogP contribution in [0.5, 0.6) is 5.75 Å². The van der Waals surface area contributed by atoms with Crippen LogP contribution in [0.2, 0.25) is 0 Å². The van der Waals surface area contributed by atoms with E-state index in [4.69, 9.17) is 11.6 Å². The third-order valence-corrected chi connectivity index (χ3v) is 2.35. The Bertz CT molecular complexity index is 366. The molecule has 16 heavy (non-hydrogen) atoms. The SMILES string of the molecule is COc1c(C(O)CCl)cccc1C(F)(F)F. The first-order valence-corrected chi connectivity index (χ1v) is 4.93. The van der Waals surface area contributed by atoms with Gasteiger partial charge in [0.1, 0.15) is 5.75 Å². The maximum absolute atomic E-state index is 12.6. The summed E-state index contributed by atoms with van der Waals surface area (Å²) >= 11 is 5.40. The molecule has 6 heteroatoms. The Morgan fingerprint density at radius 3 is 2.50 bits per heavy atom. The van der Waals surface area contributed by atoms with Crippen LogP contribution >= 0.6 is 11.6 Å². The van der Waals surface area contributed by atoms with Crippen LogP contribution in [0.25, 0.3) is 0 Å². The lowest BCUT2D eigenvalue weighted by Gasteiger charge is -2.17. The van der Waals surface area contributed by atoms with Gasteiger partial charge < -0.3 is 9.84 Å². The van der Waals surface area contributed by atoms with Gasteiger partial charge in [0.15, 0.2) is 0 Å². The maximum atomic E-state index is 12.6. The molecule has 0 aliphatic rings. The van der Waals surface area contributed by atoms with E-state index in [2.05, 4.69) is 4.74 Å². The van der Waals surface area contributed by atoms with E-state index in [9.17, 15) is 18.3 Å². The predicted molar refractivity (Wildman–Crippen MR) is 53.7 cm³/mol. The largest absolute Gasteiger partial charge is 0.496 e. The topological polar surface area (TPSA) is 29.5 Å². The van der Waals surface area contributed by atoms with Crippen molar-refractivity contribution in [1.29, 1.82) is 0 Å². The summed E-state index contributed by atoms with van der Waals surface area (Å²) < 4.78 is 42.5. The summed E-state index contributed by atoms with van der Waals surface area (Å²) in [5, 5.41) is 9.45. The molecule has 1 aromatic rings. The minimum atomic E-state index is -4.52. The Hall–Kier alpha value is -0.940. The van der Waals surface area contributed by atoms with Crippen molar-refractivity contribution in [2.75, 3.05) is 13.0 Å². The van der Waals surface area contributed by atoms with Gasteiger partial charge in [-0.3, -0.25) is 0 Å². The van der Waals surface area contributed by atoms with Crippen molar-refractivity contribution in [3.05, 3.63) is 29.3 Å². The van der Waals surface area contributed by atoms with E-state index in [0.29, 0.717) is 0 Å². The predicted octanol–water partition coefficient (Wildman–Crippen LogP) is 2.99. The Morgan fingerprint density at radius 1 is 1.44 bits per heavy atom. The molecule has 1 rings (SSSR count). The summed E-state index contributed by atoms with van der Waals surface area (Å²) in [6.07, 6.45) is -5.70. The van der Waals surface area contributed by atoms with E-state index >= 15 is 0 Å². The number of benzene rings is 1. The second kappa shape index (κ2) is 4.93. The number of alkyl halides is 4. The first kappa shape index (κ1) is 13.1. The highest BCUT2D eigenvalue weighted by Gasteiger charge is 2.35. The molecule has 1 N–H and O–H groups in total. The number of halogens is 4. The van der Waals surface area contributed by atoms with Crippen molar-refractivity contribution in [3.63, 3.8) is 0 Å². The van der Waals surface area contributed by atoms with Crippen LogP contribution in [0, 0.1) is 0 Å². The molecule has 0 aliphatic heterocycles. The summed E-state index contributed by atoms with van der Waals surface area (Å²) in [5.41, 5.74) is -0.885. The number of aliphatic hydroxyl groups excluding tert-OH is 1. The summed E-state index contributed by atoms with van der Waals surface area (Å²) in [6, 6.07) is 3.45. The highest BCUT2D eigenvalue weighted by Crippen LogP contribution is 2.39. The van der Waals surface area contributed by atoms with Gasteiger partial charge in [-0.1, -0.05) is 12.1 Å². The average molecular weight is 255 g/mol. The molecule has 0 fully saturated rings. The maximum Gasteiger partial charge on any atom is 0.419 e. The van der Waals surface area contributed by atoms with E-state index in [1.165, 1.54) is 12.1 Å². The summed E-state index contributed by atoms with van der Waals surface area (Å²) in [5.74, 6) is -0.583. The summed E-state index contributed by atoms with van der Waals surface area (Å²) in [4.78, 5) is 0. The molecular formula is C10H10ClF3O2. The van der Waals surface area contributed by atoms with Gasteiger partial charge in [-0.05, 0) is 6.07 Å². The second-order valence-electron chi connectivity index (χ2n) is 3.10. The number of methoxy groups -OCH3 is 1. The lowest BCUT2D eigenvalue weighted by molar-refractivity contribution is -0.138. The lowest BCUT2D eigenvalue weighted by Crippen LogP contribution is -2.11. The molecule has 2 nitrogen and oxygen atoms in total. The third-order valence-electron chi connectivity index (χ3n) is 2.06. The molecule has 0 amide bonds. The molecule has 1 aromatic carbocycles. The smallest absolute Gasteiger partial charge is 0.419 e. The average Bonchev–Trinajstić information content (AvgIpc) is 2.25. The van der Waals surface area contributed by atoms with Gasteiger partial charge in [-0.25, -0.2) is 0 Å². The Kier molecular flexibility index (Phi) is 4.04. The number of aliphatic hydroxyl groups is 1. The standard InChI is InChI=1S/C10H10ClF3O2/c1-16-9-6(8(15)5-11)3-2-4-7(9)10(12,13)14/h2-4,8,15H,5H2,1H3. The molecule has 0 saturated carbocycles. The van der Waals surface area contributed by atoms with E-state index in [1.807, 2.05) is 0 Å². The monoisotopic (exact) mass is 254 g/mol. The second-order valence-corrected chi connectivity index (χ2v) is 3.40. The van der Waals surface area contributed by atoms with Gasteiger partial charge in [0, 0.05) is 5.56 Å². The van der Waals surface area contributed by atoms with Crippen LogP contribution in [0.3, 0.4) is 0 Å². The molecule has 0 aliphatic carbocycles. The van der Waals surface area contributed by atoms with Gasteiger partial charge >= 0.3 is 6.18 Å². The first-order valence-electron chi connectivity index (χ1n) is 4.40. The molecule has 0 aromatic heterocycles.